The average molecular weight is 230 g/mol. The van der Waals surface area contributed by atoms with E-state index in [0.717, 1.165) is 19.3 Å². The van der Waals surface area contributed by atoms with Gasteiger partial charge in [0.1, 0.15) is 0 Å². The van der Waals surface area contributed by atoms with Crippen LogP contribution in [-0.2, 0) is 9.47 Å². The standard InChI is InChI=1S/C10H18N2O4/c1-4-5-6-7-15-9(13)11-12-10(14)16-8(2)3/h8H,4-7H2,1-3H3/b12-11+. The lowest BCUT2D eigenvalue weighted by Crippen LogP contribution is -2.07. The lowest BCUT2D eigenvalue weighted by atomic mass is 10.3. The fourth-order valence-electron chi connectivity index (χ4n) is 0.847. The highest BCUT2D eigenvalue weighted by molar-refractivity contribution is 5.73. The largest absolute Gasteiger partial charge is 0.452 e. The number of azo groups is 1. The van der Waals surface area contributed by atoms with Crippen LogP contribution in [0.4, 0.5) is 9.59 Å². The third kappa shape index (κ3) is 9.11. The van der Waals surface area contributed by atoms with Gasteiger partial charge in [0.05, 0.1) is 12.7 Å². The molecule has 0 aromatic heterocycles. The van der Waals surface area contributed by atoms with E-state index in [1.54, 1.807) is 13.8 Å². The van der Waals surface area contributed by atoms with Gasteiger partial charge in [-0.15, -0.1) is 0 Å². The Balaban J connectivity index is 3.69. The molecule has 0 aliphatic heterocycles. The van der Waals surface area contributed by atoms with E-state index in [9.17, 15) is 9.59 Å². The van der Waals surface area contributed by atoms with Gasteiger partial charge in [0, 0.05) is 0 Å². The van der Waals surface area contributed by atoms with Gasteiger partial charge in [-0.3, -0.25) is 0 Å². The van der Waals surface area contributed by atoms with Gasteiger partial charge < -0.3 is 9.47 Å². The molecule has 0 radical (unpaired) electrons. The first-order valence-corrected chi connectivity index (χ1v) is 5.35. The molecule has 0 aliphatic rings. The number of carbonyl (C=O) groups is 2. The molecular weight excluding hydrogens is 212 g/mol. The monoisotopic (exact) mass is 230 g/mol. The molecule has 0 atom stereocenters. The maximum Gasteiger partial charge on any atom is 0.452 e. The van der Waals surface area contributed by atoms with Crippen LogP contribution in [-0.4, -0.2) is 24.9 Å². The molecule has 0 rings (SSSR count). The Labute approximate surface area is 95.0 Å². The van der Waals surface area contributed by atoms with Crippen LogP contribution < -0.4 is 0 Å². The van der Waals surface area contributed by atoms with Gasteiger partial charge >= 0.3 is 12.2 Å². The van der Waals surface area contributed by atoms with Crippen molar-refractivity contribution in [2.24, 2.45) is 10.2 Å². The van der Waals surface area contributed by atoms with Crippen molar-refractivity contribution in [2.75, 3.05) is 6.61 Å². The van der Waals surface area contributed by atoms with Crippen LogP contribution in [0.2, 0.25) is 0 Å². The van der Waals surface area contributed by atoms with Crippen molar-refractivity contribution in [3.8, 4) is 0 Å². The van der Waals surface area contributed by atoms with Crippen LogP contribution in [0.15, 0.2) is 10.2 Å². The van der Waals surface area contributed by atoms with E-state index in [-0.39, 0.29) is 6.10 Å². The molecule has 0 heterocycles. The number of hydrogen-bond donors (Lipinski definition) is 0. The maximum absolute atomic E-state index is 10.9. The predicted molar refractivity (Wildman–Crippen MR) is 57.3 cm³/mol. The molecule has 0 N–H and O–H groups in total. The molecule has 6 nitrogen and oxygen atoms in total. The number of amides is 2. The second kappa shape index (κ2) is 8.82. The summed E-state index contributed by atoms with van der Waals surface area (Å²) in [5, 5.41) is 6.12. The third-order valence-corrected chi connectivity index (χ3v) is 1.52. The van der Waals surface area contributed by atoms with Gasteiger partial charge in [-0.1, -0.05) is 30.0 Å². The SMILES string of the molecule is CCCCCOC(=O)/N=N/C(=O)OC(C)C. The number of unbranched alkanes of at least 4 members (excludes halogenated alkanes) is 2. The summed E-state index contributed by atoms with van der Waals surface area (Å²) in [6, 6.07) is 0. The van der Waals surface area contributed by atoms with Gasteiger partial charge in [0.2, 0.25) is 0 Å². The second-order valence-corrected chi connectivity index (χ2v) is 3.45. The minimum absolute atomic E-state index is 0.285. The highest BCUT2D eigenvalue weighted by Crippen LogP contribution is 1.97. The second-order valence-electron chi connectivity index (χ2n) is 3.45. The number of nitrogens with zero attached hydrogens (tertiary/aromatic N) is 2. The Bertz CT molecular complexity index is 251. The zero-order valence-electron chi connectivity index (χ0n) is 9.93. The lowest BCUT2D eigenvalue weighted by Gasteiger charge is -2.02. The molecule has 0 saturated carbocycles. The molecule has 0 unspecified atom stereocenters. The zero-order chi connectivity index (χ0) is 12.4. The van der Waals surface area contributed by atoms with Crippen molar-refractivity contribution in [3.63, 3.8) is 0 Å². The number of ether oxygens (including phenoxy) is 2. The quantitative estimate of drug-likeness (QED) is 0.536. The Morgan fingerprint density at radius 3 is 2.31 bits per heavy atom. The summed E-state index contributed by atoms with van der Waals surface area (Å²) in [4.78, 5) is 21.7. The molecule has 0 spiro atoms. The Morgan fingerprint density at radius 1 is 1.12 bits per heavy atom. The van der Waals surface area contributed by atoms with E-state index in [1.807, 2.05) is 6.92 Å². The van der Waals surface area contributed by atoms with E-state index in [2.05, 4.69) is 15.0 Å². The minimum atomic E-state index is -0.888. The highest BCUT2D eigenvalue weighted by atomic mass is 16.6. The first-order chi connectivity index (χ1) is 7.56. The molecule has 0 aromatic rings. The molecule has 92 valence electrons. The molecule has 0 saturated heterocycles. The van der Waals surface area contributed by atoms with Crippen molar-refractivity contribution in [3.05, 3.63) is 0 Å². The Kier molecular flexibility index (Phi) is 8.01. The third-order valence-electron chi connectivity index (χ3n) is 1.52. The summed E-state index contributed by atoms with van der Waals surface area (Å²) >= 11 is 0. The summed E-state index contributed by atoms with van der Waals surface area (Å²) in [5.41, 5.74) is 0. The first-order valence-electron chi connectivity index (χ1n) is 5.35. The summed E-state index contributed by atoms with van der Waals surface area (Å²) in [6.45, 7) is 5.70. The number of hydrogen-bond acceptors (Lipinski definition) is 4. The Morgan fingerprint density at radius 2 is 1.75 bits per heavy atom. The molecular formula is C10H18N2O4. The highest BCUT2D eigenvalue weighted by Gasteiger charge is 2.05. The summed E-state index contributed by atoms with van der Waals surface area (Å²) in [6.07, 6.45) is 0.776. The van der Waals surface area contributed by atoms with Crippen LogP contribution in [0.3, 0.4) is 0 Å². The zero-order valence-corrected chi connectivity index (χ0v) is 9.93. The van der Waals surface area contributed by atoms with Crippen LogP contribution in [0.5, 0.6) is 0 Å². The maximum atomic E-state index is 10.9. The first kappa shape index (κ1) is 14.5. The van der Waals surface area contributed by atoms with Crippen LogP contribution >= 0.6 is 0 Å². The van der Waals surface area contributed by atoms with Gasteiger partial charge in [-0.25, -0.2) is 9.59 Å². The van der Waals surface area contributed by atoms with E-state index in [4.69, 9.17) is 4.74 Å². The topological polar surface area (TPSA) is 77.3 Å². The predicted octanol–water partition coefficient (Wildman–Crippen LogP) is 3.31. The van der Waals surface area contributed by atoms with Crippen molar-refractivity contribution >= 4 is 12.2 Å². The summed E-state index contributed by atoms with van der Waals surface area (Å²) in [7, 11) is 0. The van der Waals surface area contributed by atoms with Crippen molar-refractivity contribution in [1.29, 1.82) is 0 Å². The molecule has 0 aliphatic carbocycles. The molecule has 6 heteroatoms. The number of carbonyl (C=O) groups excluding carboxylic acids is 2. The summed E-state index contributed by atoms with van der Waals surface area (Å²) < 4.78 is 9.33. The van der Waals surface area contributed by atoms with Gasteiger partial charge in [-0.05, 0) is 20.3 Å². The van der Waals surface area contributed by atoms with Gasteiger partial charge in [0.15, 0.2) is 0 Å². The molecule has 16 heavy (non-hydrogen) atoms. The molecule has 0 bridgehead atoms. The lowest BCUT2D eigenvalue weighted by molar-refractivity contribution is 0.121. The fourth-order valence-corrected chi connectivity index (χ4v) is 0.847. The van der Waals surface area contributed by atoms with E-state index in [0.29, 0.717) is 6.61 Å². The summed E-state index contributed by atoms with van der Waals surface area (Å²) in [5.74, 6) is 0. The van der Waals surface area contributed by atoms with Gasteiger partial charge in [0.25, 0.3) is 0 Å². The molecule has 0 aromatic carbocycles. The van der Waals surface area contributed by atoms with E-state index >= 15 is 0 Å². The van der Waals surface area contributed by atoms with E-state index < -0.39 is 12.2 Å². The molecule has 0 fully saturated rings. The molecule has 2 amide bonds. The normalized spacial score (nSPS) is 10.8. The van der Waals surface area contributed by atoms with Crippen molar-refractivity contribution in [1.82, 2.24) is 0 Å². The Hall–Kier alpha value is -1.46. The minimum Gasteiger partial charge on any atom is -0.447 e. The van der Waals surface area contributed by atoms with Gasteiger partial charge in [-0.2, -0.15) is 0 Å². The van der Waals surface area contributed by atoms with Crippen LogP contribution in [0.25, 0.3) is 0 Å². The fraction of sp³-hybridized carbons (Fsp3) is 0.800. The van der Waals surface area contributed by atoms with E-state index in [1.165, 1.54) is 0 Å². The number of rotatable bonds is 5. The van der Waals surface area contributed by atoms with Crippen LogP contribution in [0.1, 0.15) is 40.0 Å². The smallest absolute Gasteiger partial charge is 0.447 e. The van der Waals surface area contributed by atoms with Crippen molar-refractivity contribution in [2.45, 2.75) is 46.1 Å². The van der Waals surface area contributed by atoms with Crippen LogP contribution in [0, 0.1) is 0 Å². The average Bonchev–Trinajstić information content (AvgIpc) is 2.20. The van der Waals surface area contributed by atoms with Crippen molar-refractivity contribution < 1.29 is 19.1 Å².